The van der Waals surface area contributed by atoms with Gasteiger partial charge < -0.3 is 4.52 Å². The van der Waals surface area contributed by atoms with Crippen molar-refractivity contribution in [2.24, 2.45) is 0 Å². The molecule has 1 heterocycles. The van der Waals surface area contributed by atoms with Gasteiger partial charge in [-0.3, -0.25) is 0 Å². The summed E-state index contributed by atoms with van der Waals surface area (Å²) in [6.07, 6.45) is 0. The first-order chi connectivity index (χ1) is 9.63. The van der Waals surface area contributed by atoms with Crippen LogP contribution >= 0.6 is 34.8 Å². The van der Waals surface area contributed by atoms with Gasteiger partial charge in [0.2, 0.25) is 0 Å². The van der Waals surface area contributed by atoms with E-state index in [0.29, 0.717) is 20.8 Å². The zero-order valence-corrected chi connectivity index (χ0v) is 12.4. The van der Waals surface area contributed by atoms with Crippen LogP contribution < -0.4 is 0 Å². The lowest BCUT2D eigenvalue weighted by atomic mass is 10.1. The van der Waals surface area contributed by atoms with Crippen LogP contribution in [0.2, 0.25) is 15.1 Å². The van der Waals surface area contributed by atoms with E-state index < -0.39 is 0 Å². The Labute approximate surface area is 130 Å². The SMILES string of the molecule is Clc1ccc(-c2cc(-c3ccc(Cl)c(Cl)c3)on2)cc1. The van der Waals surface area contributed by atoms with Crippen molar-refractivity contribution in [1.82, 2.24) is 5.16 Å². The highest BCUT2D eigenvalue weighted by atomic mass is 35.5. The number of rotatable bonds is 2. The normalized spacial score (nSPS) is 10.8. The molecule has 1 aromatic heterocycles. The zero-order chi connectivity index (χ0) is 14.1. The molecule has 3 aromatic rings. The van der Waals surface area contributed by atoms with Crippen molar-refractivity contribution in [3.63, 3.8) is 0 Å². The first kappa shape index (κ1) is 13.5. The molecule has 5 heteroatoms. The Hall–Kier alpha value is -1.48. The predicted octanol–water partition coefficient (Wildman–Crippen LogP) is 5.97. The third-order valence-corrected chi connectivity index (χ3v) is 3.85. The lowest BCUT2D eigenvalue weighted by Crippen LogP contribution is -1.76. The third-order valence-electron chi connectivity index (χ3n) is 2.85. The molecule has 0 unspecified atom stereocenters. The first-order valence-electron chi connectivity index (χ1n) is 5.81. The number of hydrogen-bond donors (Lipinski definition) is 0. The van der Waals surface area contributed by atoms with Crippen LogP contribution in [0.5, 0.6) is 0 Å². The van der Waals surface area contributed by atoms with Gasteiger partial charge in [0.1, 0.15) is 5.69 Å². The van der Waals surface area contributed by atoms with E-state index in [1.165, 1.54) is 0 Å². The van der Waals surface area contributed by atoms with E-state index in [2.05, 4.69) is 5.16 Å². The fraction of sp³-hybridized carbons (Fsp3) is 0. The highest BCUT2D eigenvalue weighted by molar-refractivity contribution is 6.42. The van der Waals surface area contributed by atoms with Crippen molar-refractivity contribution in [2.45, 2.75) is 0 Å². The summed E-state index contributed by atoms with van der Waals surface area (Å²) in [5.41, 5.74) is 2.50. The molecule has 2 aromatic carbocycles. The van der Waals surface area contributed by atoms with Crippen LogP contribution in [0.3, 0.4) is 0 Å². The molecule has 0 N–H and O–H groups in total. The maximum atomic E-state index is 6.00. The fourth-order valence-electron chi connectivity index (χ4n) is 1.82. The largest absolute Gasteiger partial charge is 0.356 e. The van der Waals surface area contributed by atoms with E-state index in [1.807, 2.05) is 36.4 Å². The van der Waals surface area contributed by atoms with E-state index in [0.717, 1.165) is 16.8 Å². The number of halogens is 3. The molecule has 0 aliphatic rings. The molecule has 0 bridgehead atoms. The molecular formula is C15H8Cl3NO. The predicted molar refractivity (Wildman–Crippen MR) is 82.4 cm³/mol. The van der Waals surface area contributed by atoms with Gasteiger partial charge in [-0.2, -0.15) is 0 Å². The van der Waals surface area contributed by atoms with Crippen LogP contribution in [-0.4, -0.2) is 5.16 Å². The summed E-state index contributed by atoms with van der Waals surface area (Å²) in [6.45, 7) is 0. The molecule has 0 radical (unpaired) electrons. The van der Waals surface area contributed by atoms with Gasteiger partial charge in [-0.1, -0.05) is 52.1 Å². The van der Waals surface area contributed by atoms with Crippen molar-refractivity contribution in [3.8, 4) is 22.6 Å². The number of nitrogens with zero attached hydrogens (tertiary/aromatic N) is 1. The van der Waals surface area contributed by atoms with Gasteiger partial charge in [0.15, 0.2) is 5.76 Å². The van der Waals surface area contributed by atoms with Gasteiger partial charge in [0.25, 0.3) is 0 Å². The molecule has 0 amide bonds. The summed E-state index contributed by atoms with van der Waals surface area (Å²) in [5.74, 6) is 0.633. The van der Waals surface area contributed by atoms with Crippen molar-refractivity contribution < 1.29 is 4.52 Å². The van der Waals surface area contributed by atoms with Crippen LogP contribution in [0.4, 0.5) is 0 Å². The van der Waals surface area contributed by atoms with Gasteiger partial charge in [0, 0.05) is 22.2 Å². The molecule has 0 saturated carbocycles. The van der Waals surface area contributed by atoms with Crippen LogP contribution in [0, 0.1) is 0 Å². The minimum atomic E-state index is 0.480. The van der Waals surface area contributed by atoms with Gasteiger partial charge in [-0.25, -0.2) is 0 Å². The average molecular weight is 325 g/mol. The molecule has 2 nitrogen and oxygen atoms in total. The number of aromatic nitrogens is 1. The molecule has 3 rings (SSSR count). The molecule has 0 atom stereocenters. The van der Waals surface area contributed by atoms with Gasteiger partial charge in [-0.05, 0) is 30.3 Å². The van der Waals surface area contributed by atoms with E-state index in [1.54, 1.807) is 12.1 Å². The van der Waals surface area contributed by atoms with E-state index in [9.17, 15) is 0 Å². The highest BCUT2D eigenvalue weighted by Crippen LogP contribution is 2.31. The summed E-state index contributed by atoms with van der Waals surface area (Å²) < 4.78 is 5.35. The Morgan fingerprint density at radius 2 is 1.45 bits per heavy atom. The molecule has 0 saturated heterocycles. The summed E-state index contributed by atoms with van der Waals surface area (Å²) in [7, 11) is 0. The second-order valence-electron chi connectivity index (χ2n) is 4.21. The maximum absolute atomic E-state index is 6.00. The maximum Gasteiger partial charge on any atom is 0.167 e. The molecular weight excluding hydrogens is 317 g/mol. The molecule has 100 valence electrons. The molecule has 0 spiro atoms. The topological polar surface area (TPSA) is 26.0 Å². The summed E-state index contributed by atoms with van der Waals surface area (Å²) in [5, 5.41) is 5.72. The van der Waals surface area contributed by atoms with Crippen molar-refractivity contribution in [1.29, 1.82) is 0 Å². The molecule has 0 fully saturated rings. The van der Waals surface area contributed by atoms with E-state index >= 15 is 0 Å². The summed E-state index contributed by atoms with van der Waals surface area (Å²) in [4.78, 5) is 0. The highest BCUT2D eigenvalue weighted by Gasteiger charge is 2.10. The number of hydrogen-bond acceptors (Lipinski definition) is 2. The Kier molecular flexibility index (Phi) is 3.70. The fourth-order valence-corrected chi connectivity index (χ4v) is 2.24. The van der Waals surface area contributed by atoms with Crippen molar-refractivity contribution in [3.05, 3.63) is 63.6 Å². The summed E-state index contributed by atoms with van der Waals surface area (Å²) in [6, 6.07) is 14.6. The van der Waals surface area contributed by atoms with E-state index in [4.69, 9.17) is 39.3 Å². The Balaban J connectivity index is 1.97. The standard InChI is InChI=1S/C15H8Cl3NO/c16-11-4-1-9(2-5-11)14-8-15(20-19-14)10-3-6-12(17)13(18)7-10/h1-8H. The van der Waals surface area contributed by atoms with Crippen LogP contribution in [0.25, 0.3) is 22.6 Å². The monoisotopic (exact) mass is 323 g/mol. The minimum absolute atomic E-state index is 0.480. The second-order valence-corrected chi connectivity index (χ2v) is 5.46. The minimum Gasteiger partial charge on any atom is -0.356 e. The quantitative estimate of drug-likeness (QED) is 0.580. The van der Waals surface area contributed by atoms with Gasteiger partial charge >= 0.3 is 0 Å². The lowest BCUT2D eigenvalue weighted by molar-refractivity contribution is 0.435. The Morgan fingerprint density at radius 3 is 2.15 bits per heavy atom. The third kappa shape index (κ3) is 2.68. The van der Waals surface area contributed by atoms with Gasteiger partial charge in [0.05, 0.1) is 10.0 Å². The number of benzene rings is 2. The second kappa shape index (κ2) is 5.49. The molecule has 0 aliphatic heterocycles. The molecule has 20 heavy (non-hydrogen) atoms. The average Bonchev–Trinajstić information content (AvgIpc) is 2.92. The van der Waals surface area contributed by atoms with Gasteiger partial charge in [-0.15, -0.1) is 0 Å². The van der Waals surface area contributed by atoms with Crippen molar-refractivity contribution >= 4 is 34.8 Å². The van der Waals surface area contributed by atoms with Crippen LogP contribution in [-0.2, 0) is 0 Å². The van der Waals surface area contributed by atoms with Crippen LogP contribution in [0.15, 0.2) is 53.1 Å². The Bertz CT molecular complexity index is 750. The smallest absolute Gasteiger partial charge is 0.167 e. The lowest BCUT2D eigenvalue weighted by Gasteiger charge is -1.98. The van der Waals surface area contributed by atoms with Crippen molar-refractivity contribution in [2.75, 3.05) is 0 Å². The van der Waals surface area contributed by atoms with E-state index in [-0.39, 0.29) is 0 Å². The van der Waals surface area contributed by atoms with Crippen LogP contribution in [0.1, 0.15) is 0 Å². The Morgan fingerprint density at radius 1 is 0.750 bits per heavy atom. The first-order valence-corrected chi connectivity index (χ1v) is 6.95. The summed E-state index contributed by atoms with van der Waals surface area (Å²) >= 11 is 17.8. The molecule has 0 aliphatic carbocycles. The zero-order valence-electron chi connectivity index (χ0n) is 10.1.